The Bertz CT molecular complexity index is 276. The van der Waals surface area contributed by atoms with Gasteiger partial charge in [0.1, 0.15) is 0 Å². The Labute approximate surface area is 76.5 Å². The fourth-order valence-corrected chi connectivity index (χ4v) is 1.44. The molecule has 0 saturated carbocycles. The van der Waals surface area contributed by atoms with E-state index >= 15 is 0 Å². The van der Waals surface area contributed by atoms with Crippen molar-refractivity contribution in [3.63, 3.8) is 0 Å². The Kier molecular flexibility index (Phi) is 2.05. The van der Waals surface area contributed by atoms with Crippen molar-refractivity contribution in [3.8, 4) is 0 Å². The molecule has 72 valence electrons. The third-order valence-corrected chi connectivity index (χ3v) is 2.24. The number of aromatic nitrogens is 3. The monoisotopic (exact) mass is 182 g/mol. The first kappa shape index (κ1) is 8.31. The van der Waals surface area contributed by atoms with Crippen LogP contribution in [0.2, 0.25) is 0 Å². The van der Waals surface area contributed by atoms with E-state index in [9.17, 15) is 0 Å². The second kappa shape index (κ2) is 3.21. The number of likely N-dealkylation sites (N-methyl/N-ethyl adjacent to an activating group) is 1. The highest BCUT2D eigenvalue weighted by molar-refractivity contribution is 5.31. The maximum Gasteiger partial charge on any atom is 0.243 e. The summed E-state index contributed by atoms with van der Waals surface area (Å²) in [4.78, 5) is 6.31. The average Bonchev–Trinajstić information content (AvgIpc) is 2.43. The van der Waals surface area contributed by atoms with Gasteiger partial charge in [-0.15, -0.1) is 5.10 Å². The number of nitrogen functional groups attached to an aromatic ring is 1. The summed E-state index contributed by atoms with van der Waals surface area (Å²) in [5, 5.41) is 9.67. The van der Waals surface area contributed by atoms with Crippen molar-refractivity contribution in [3.05, 3.63) is 0 Å². The van der Waals surface area contributed by atoms with Crippen molar-refractivity contribution < 1.29 is 0 Å². The molecule has 1 aromatic heterocycles. The first-order valence-corrected chi connectivity index (χ1v) is 4.44. The number of nitrogens with one attached hydrogen (secondary N) is 2. The summed E-state index contributed by atoms with van der Waals surface area (Å²) in [5.74, 6) is 0.951. The van der Waals surface area contributed by atoms with Gasteiger partial charge in [0, 0.05) is 13.1 Å². The van der Waals surface area contributed by atoms with Gasteiger partial charge in [0.25, 0.3) is 0 Å². The molecular formula is C7H14N6. The van der Waals surface area contributed by atoms with Crippen LogP contribution >= 0.6 is 0 Å². The van der Waals surface area contributed by atoms with Gasteiger partial charge in [-0.3, -0.25) is 4.90 Å². The second-order valence-electron chi connectivity index (χ2n) is 3.24. The van der Waals surface area contributed by atoms with E-state index in [2.05, 4.69) is 32.3 Å². The van der Waals surface area contributed by atoms with Crippen LogP contribution in [0.1, 0.15) is 6.92 Å². The molecule has 6 nitrogen and oxygen atoms in total. The number of H-pyrrole nitrogens is 1. The SMILES string of the molecule is CCN1CC(Nc2n[nH]c(N)n2)C1. The van der Waals surface area contributed by atoms with Crippen LogP contribution in [0.5, 0.6) is 0 Å². The van der Waals surface area contributed by atoms with Gasteiger partial charge in [0.15, 0.2) is 0 Å². The normalized spacial score (nSPS) is 18.5. The van der Waals surface area contributed by atoms with Crippen molar-refractivity contribution in [1.82, 2.24) is 20.1 Å². The summed E-state index contributed by atoms with van der Waals surface area (Å²) < 4.78 is 0. The van der Waals surface area contributed by atoms with Crippen LogP contribution in [0, 0.1) is 0 Å². The Morgan fingerprint density at radius 3 is 3.00 bits per heavy atom. The lowest BCUT2D eigenvalue weighted by Crippen LogP contribution is -2.54. The largest absolute Gasteiger partial charge is 0.368 e. The maximum absolute atomic E-state index is 5.39. The molecule has 0 aliphatic carbocycles. The molecule has 0 aromatic carbocycles. The lowest BCUT2D eigenvalue weighted by atomic mass is 10.1. The van der Waals surface area contributed by atoms with E-state index in [0.29, 0.717) is 17.9 Å². The fraction of sp³-hybridized carbons (Fsp3) is 0.714. The minimum absolute atomic E-state index is 0.356. The number of rotatable bonds is 3. The lowest BCUT2D eigenvalue weighted by Gasteiger charge is -2.38. The molecule has 2 heterocycles. The van der Waals surface area contributed by atoms with E-state index in [1.165, 1.54) is 0 Å². The number of aromatic amines is 1. The first-order valence-electron chi connectivity index (χ1n) is 4.44. The van der Waals surface area contributed by atoms with Gasteiger partial charge in [-0.1, -0.05) is 6.92 Å². The van der Waals surface area contributed by atoms with E-state index in [1.807, 2.05) is 0 Å². The van der Waals surface area contributed by atoms with E-state index in [0.717, 1.165) is 19.6 Å². The van der Waals surface area contributed by atoms with Crippen molar-refractivity contribution in [1.29, 1.82) is 0 Å². The number of nitrogens with two attached hydrogens (primary N) is 1. The van der Waals surface area contributed by atoms with E-state index in [4.69, 9.17) is 5.73 Å². The minimum Gasteiger partial charge on any atom is -0.368 e. The van der Waals surface area contributed by atoms with Crippen molar-refractivity contribution in [2.24, 2.45) is 0 Å². The molecule has 0 bridgehead atoms. The van der Waals surface area contributed by atoms with Crippen LogP contribution in [-0.2, 0) is 0 Å². The van der Waals surface area contributed by atoms with Gasteiger partial charge in [-0.25, -0.2) is 5.10 Å². The zero-order valence-corrected chi connectivity index (χ0v) is 7.62. The molecule has 13 heavy (non-hydrogen) atoms. The van der Waals surface area contributed by atoms with Gasteiger partial charge in [-0.05, 0) is 6.54 Å². The quantitative estimate of drug-likeness (QED) is 0.587. The van der Waals surface area contributed by atoms with Crippen LogP contribution in [0.3, 0.4) is 0 Å². The molecule has 6 heteroatoms. The summed E-state index contributed by atoms with van der Waals surface area (Å²) in [6, 6.07) is 0.468. The Hall–Kier alpha value is -1.30. The van der Waals surface area contributed by atoms with Gasteiger partial charge < -0.3 is 11.1 Å². The highest BCUT2D eigenvalue weighted by Gasteiger charge is 2.25. The van der Waals surface area contributed by atoms with Crippen LogP contribution < -0.4 is 11.1 Å². The molecule has 0 spiro atoms. The summed E-state index contributed by atoms with van der Waals surface area (Å²) in [6.07, 6.45) is 0. The van der Waals surface area contributed by atoms with Gasteiger partial charge in [0.05, 0.1) is 6.04 Å². The van der Waals surface area contributed by atoms with E-state index in [1.54, 1.807) is 0 Å². The number of anilines is 2. The highest BCUT2D eigenvalue weighted by atomic mass is 15.3. The highest BCUT2D eigenvalue weighted by Crippen LogP contribution is 2.11. The third kappa shape index (κ3) is 1.72. The third-order valence-electron chi connectivity index (χ3n) is 2.24. The van der Waals surface area contributed by atoms with Crippen LogP contribution in [0.4, 0.5) is 11.9 Å². The zero-order chi connectivity index (χ0) is 9.26. The Morgan fingerprint density at radius 1 is 1.69 bits per heavy atom. The number of hydrogen-bond donors (Lipinski definition) is 3. The molecule has 1 aliphatic rings. The second-order valence-corrected chi connectivity index (χ2v) is 3.24. The van der Waals surface area contributed by atoms with Crippen molar-refractivity contribution in [2.45, 2.75) is 13.0 Å². The topological polar surface area (TPSA) is 82.9 Å². The minimum atomic E-state index is 0.356. The predicted molar refractivity (Wildman–Crippen MR) is 50.3 cm³/mol. The summed E-state index contributed by atoms with van der Waals surface area (Å²) >= 11 is 0. The zero-order valence-electron chi connectivity index (χ0n) is 7.62. The smallest absolute Gasteiger partial charge is 0.243 e. The molecule has 0 unspecified atom stereocenters. The summed E-state index contributed by atoms with van der Waals surface area (Å²) in [7, 11) is 0. The predicted octanol–water partition coefficient (Wildman–Crippen LogP) is -0.497. The van der Waals surface area contributed by atoms with Crippen LogP contribution in [0.25, 0.3) is 0 Å². The van der Waals surface area contributed by atoms with Crippen molar-refractivity contribution >= 4 is 11.9 Å². The maximum atomic E-state index is 5.39. The fourth-order valence-electron chi connectivity index (χ4n) is 1.44. The Morgan fingerprint density at radius 2 is 2.46 bits per heavy atom. The molecule has 1 fully saturated rings. The number of hydrogen-bond acceptors (Lipinski definition) is 5. The Balaban J connectivity index is 1.81. The van der Waals surface area contributed by atoms with Crippen LogP contribution in [0.15, 0.2) is 0 Å². The molecule has 1 saturated heterocycles. The van der Waals surface area contributed by atoms with Crippen molar-refractivity contribution in [2.75, 3.05) is 30.7 Å². The van der Waals surface area contributed by atoms with E-state index < -0.39 is 0 Å². The molecule has 0 radical (unpaired) electrons. The molecule has 0 amide bonds. The van der Waals surface area contributed by atoms with Gasteiger partial charge in [-0.2, -0.15) is 4.98 Å². The summed E-state index contributed by atoms with van der Waals surface area (Å²) in [5.41, 5.74) is 5.39. The number of likely N-dealkylation sites (tertiary alicyclic amines) is 1. The lowest BCUT2D eigenvalue weighted by molar-refractivity contribution is 0.171. The molecule has 0 atom stereocenters. The first-order chi connectivity index (χ1) is 6.28. The summed E-state index contributed by atoms with van der Waals surface area (Å²) in [6.45, 7) is 5.38. The molecule has 1 aliphatic heterocycles. The van der Waals surface area contributed by atoms with Crippen LogP contribution in [-0.4, -0.2) is 45.8 Å². The van der Waals surface area contributed by atoms with Gasteiger partial charge in [0.2, 0.25) is 11.9 Å². The number of nitrogens with zero attached hydrogens (tertiary/aromatic N) is 3. The molecule has 1 aromatic rings. The standard InChI is InChI=1S/C7H14N6/c1-2-13-3-5(4-13)9-7-10-6(8)11-12-7/h5H,2-4H2,1H3,(H4,8,9,10,11,12). The molecule has 2 rings (SSSR count). The molecular weight excluding hydrogens is 168 g/mol. The van der Waals surface area contributed by atoms with Gasteiger partial charge >= 0.3 is 0 Å². The average molecular weight is 182 g/mol. The molecule has 4 N–H and O–H groups in total. The van der Waals surface area contributed by atoms with E-state index in [-0.39, 0.29) is 0 Å².